The lowest BCUT2D eigenvalue weighted by Crippen LogP contribution is -2.61. The van der Waals surface area contributed by atoms with Crippen LogP contribution in [0.4, 0.5) is 0 Å². The molecule has 8 atom stereocenters. The van der Waals surface area contributed by atoms with E-state index in [1.807, 2.05) is 26.8 Å². The number of phenolic OH excluding ortho intramolecular Hbond substituents is 1. The topological polar surface area (TPSA) is 157 Å². The predicted octanol–water partition coefficient (Wildman–Crippen LogP) is 3.16. The summed E-state index contributed by atoms with van der Waals surface area (Å²) in [6, 6.07) is 1.48. The second-order valence-electron chi connectivity index (χ2n) is 11.2. The minimum atomic E-state index is -1.73. The van der Waals surface area contributed by atoms with Gasteiger partial charge in [0.05, 0.1) is 6.10 Å². The molecule has 210 valence electrons. The van der Waals surface area contributed by atoms with Crippen LogP contribution < -0.4 is 4.74 Å². The van der Waals surface area contributed by atoms with Gasteiger partial charge in [0.15, 0.2) is 0 Å². The van der Waals surface area contributed by atoms with Gasteiger partial charge < -0.3 is 40.1 Å². The molecule has 0 bridgehead atoms. The summed E-state index contributed by atoms with van der Waals surface area (Å²) in [7, 11) is 0. The average molecular weight is 533 g/mol. The highest BCUT2D eigenvalue weighted by Crippen LogP contribution is 2.52. The number of aliphatic hydroxyl groups excluding tert-OH is 4. The number of aliphatic hydroxyl groups is 4. The molecule has 6 N–H and O–H groups in total. The first-order valence-electron chi connectivity index (χ1n) is 13.4. The lowest BCUT2D eigenvalue weighted by Gasteiger charge is -2.41. The van der Waals surface area contributed by atoms with Gasteiger partial charge in [-0.3, -0.25) is 0 Å². The molecule has 2 fully saturated rings. The SMILES string of the molecule is C=C(C)[C@@H]1CCC(C)=C[C@@H]1c1c(O)cc(CCCCC)c(C(=O)O)c1OC1OC2(CC2O)[C@@H](O)[C@H](O)[C@H]1O. The Labute approximate surface area is 223 Å². The van der Waals surface area contributed by atoms with Crippen molar-refractivity contribution in [1.29, 1.82) is 0 Å². The zero-order valence-electron chi connectivity index (χ0n) is 22.3. The highest BCUT2D eigenvalue weighted by Gasteiger charge is 2.68. The van der Waals surface area contributed by atoms with Crippen LogP contribution >= 0.6 is 0 Å². The fraction of sp³-hybridized carbons (Fsp3) is 0.621. The molecule has 1 heterocycles. The van der Waals surface area contributed by atoms with Crippen molar-refractivity contribution in [3.8, 4) is 11.5 Å². The second kappa shape index (κ2) is 11.0. The summed E-state index contributed by atoms with van der Waals surface area (Å²) >= 11 is 0. The van der Waals surface area contributed by atoms with Crippen LogP contribution in [0, 0.1) is 5.92 Å². The number of hydrogen-bond donors (Lipinski definition) is 6. The highest BCUT2D eigenvalue weighted by atomic mass is 16.7. The van der Waals surface area contributed by atoms with E-state index in [-0.39, 0.29) is 35.0 Å². The van der Waals surface area contributed by atoms with E-state index >= 15 is 0 Å². The largest absolute Gasteiger partial charge is 0.507 e. The Balaban J connectivity index is 1.87. The number of aromatic carboxylic acids is 1. The summed E-state index contributed by atoms with van der Waals surface area (Å²) in [5.74, 6) is -2.09. The molecule has 3 aliphatic rings. The van der Waals surface area contributed by atoms with Crippen molar-refractivity contribution in [1.82, 2.24) is 0 Å². The van der Waals surface area contributed by atoms with E-state index in [9.17, 15) is 35.4 Å². The van der Waals surface area contributed by atoms with Crippen molar-refractivity contribution in [2.45, 2.75) is 108 Å². The Morgan fingerprint density at radius 1 is 1.21 bits per heavy atom. The van der Waals surface area contributed by atoms with Gasteiger partial charge in [-0.25, -0.2) is 4.79 Å². The van der Waals surface area contributed by atoms with Gasteiger partial charge in [-0.2, -0.15) is 0 Å². The highest BCUT2D eigenvalue weighted by molar-refractivity contribution is 5.94. The van der Waals surface area contributed by atoms with Gasteiger partial charge >= 0.3 is 5.97 Å². The fourth-order valence-electron chi connectivity index (χ4n) is 5.95. The maximum absolute atomic E-state index is 12.7. The fourth-order valence-corrected chi connectivity index (χ4v) is 5.95. The number of carboxylic acids is 1. The zero-order valence-corrected chi connectivity index (χ0v) is 22.3. The minimum absolute atomic E-state index is 0.0288. The number of aromatic hydroxyl groups is 1. The second-order valence-corrected chi connectivity index (χ2v) is 11.2. The summed E-state index contributed by atoms with van der Waals surface area (Å²) in [6.07, 6.45) is -1.15. The van der Waals surface area contributed by atoms with Crippen molar-refractivity contribution in [2.24, 2.45) is 5.92 Å². The smallest absolute Gasteiger partial charge is 0.339 e. The van der Waals surface area contributed by atoms with Crippen LogP contribution in [-0.4, -0.2) is 72.9 Å². The molecule has 9 heteroatoms. The number of aryl methyl sites for hydroxylation is 1. The molecule has 3 unspecified atom stereocenters. The number of phenols is 1. The third-order valence-electron chi connectivity index (χ3n) is 8.30. The molecule has 1 saturated carbocycles. The molecule has 9 nitrogen and oxygen atoms in total. The predicted molar refractivity (Wildman–Crippen MR) is 139 cm³/mol. The van der Waals surface area contributed by atoms with E-state index in [1.165, 1.54) is 6.07 Å². The average Bonchev–Trinajstić information content (AvgIpc) is 3.50. The number of allylic oxidation sites excluding steroid dienone is 3. The maximum Gasteiger partial charge on any atom is 0.339 e. The van der Waals surface area contributed by atoms with E-state index in [4.69, 9.17) is 9.47 Å². The van der Waals surface area contributed by atoms with Crippen LogP contribution in [0.2, 0.25) is 0 Å². The van der Waals surface area contributed by atoms with E-state index in [2.05, 4.69) is 6.58 Å². The van der Waals surface area contributed by atoms with Gasteiger partial charge in [-0.1, -0.05) is 43.6 Å². The van der Waals surface area contributed by atoms with Gasteiger partial charge in [0.2, 0.25) is 6.29 Å². The number of unbranched alkanes of at least 4 members (excludes halogenated alkanes) is 2. The standard InChI is InChI=1S/C29H40O9/c1-5-6-7-8-16-12-19(30)22(18-11-15(4)9-10-17(18)14(2)3)25(21(16)27(35)36)37-28-24(33)23(32)26(34)29(38-28)13-20(29)31/h11-12,17-18,20,23-24,26,28,30-34H,2,5-10,13H2,1,3-4H3,(H,35,36)/t17-,18-,20?,23+,24+,26-,28?,29?/m0/s1. The van der Waals surface area contributed by atoms with Crippen molar-refractivity contribution in [3.05, 3.63) is 46.6 Å². The Morgan fingerprint density at radius 2 is 1.89 bits per heavy atom. The first-order valence-corrected chi connectivity index (χ1v) is 13.4. The molecule has 1 spiro atoms. The number of carbonyl (C=O) groups is 1. The van der Waals surface area contributed by atoms with E-state index in [0.717, 1.165) is 36.8 Å². The zero-order chi connectivity index (χ0) is 27.9. The number of ether oxygens (including phenoxy) is 2. The van der Waals surface area contributed by atoms with Crippen molar-refractivity contribution >= 4 is 5.97 Å². The molecule has 0 amide bonds. The third kappa shape index (κ3) is 5.10. The van der Waals surface area contributed by atoms with Crippen LogP contribution in [0.1, 0.15) is 86.7 Å². The molecular weight excluding hydrogens is 492 g/mol. The van der Waals surface area contributed by atoms with E-state index < -0.39 is 48.2 Å². The molecule has 0 radical (unpaired) electrons. The molecule has 1 saturated heterocycles. The van der Waals surface area contributed by atoms with E-state index in [0.29, 0.717) is 18.4 Å². The molecule has 38 heavy (non-hydrogen) atoms. The first kappa shape index (κ1) is 28.6. The molecule has 1 aromatic rings. The summed E-state index contributed by atoms with van der Waals surface area (Å²) in [5, 5.41) is 63.6. The monoisotopic (exact) mass is 532 g/mol. The Hall–Kier alpha value is -2.43. The third-order valence-corrected chi connectivity index (χ3v) is 8.30. The van der Waals surface area contributed by atoms with Crippen LogP contribution in [0.15, 0.2) is 29.9 Å². The quantitative estimate of drug-likeness (QED) is 0.208. The lowest BCUT2D eigenvalue weighted by molar-refractivity contribution is -0.289. The lowest BCUT2D eigenvalue weighted by atomic mass is 9.73. The van der Waals surface area contributed by atoms with Crippen molar-refractivity contribution in [2.75, 3.05) is 0 Å². The molecular formula is C29H40O9. The Kier molecular flexibility index (Phi) is 8.26. The summed E-state index contributed by atoms with van der Waals surface area (Å²) in [6.45, 7) is 10.0. The van der Waals surface area contributed by atoms with Gasteiger partial charge in [-0.15, -0.1) is 0 Å². The summed E-state index contributed by atoms with van der Waals surface area (Å²) < 4.78 is 11.9. The van der Waals surface area contributed by atoms with Crippen LogP contribution in [-0.2, 0) is 11.2 Å². The number of carboxylic acid groups (broad SMARTS) is 1. The minimum Gasteiger partial charge on any atom is -0.507 e. The normalized spacial score (nSPS) is 34.6. The maximum atomic E-state index is 12.7. The van der Waals surface area contributed by atoms with Crippen molar-refractivity contribution < 1.29 is 44.9 Å². The number of hydrogen-bond acceptors (Lipinski definition) is 8. The van der Waals surface area contributed by atoms with Gasteiger partial charge in [0, 0.05) is 17.9 Å². The molecule has 0 aromatic heterocycles. The number of rotatable bonds is 9. The van der Waals surface area contributed by atoms with Crippen molar-refractivity contribution in [3.63, 3.8) is 0 Å². The first-order chi connectivity index (χ1) is 17.9. The molecule has 4 rings (SSSR count). The van der Waals surface area contributed by atoms with Crippen LogP contribution in [0.25, 0.3) is 0 Å². The summed E-state index contributed by atoms with van der Waals surface area (Å²) in [5.41, 5.74) is 0.922. The van der Waals surface area contributed by atoms with Crippen LogP contribution in [0.3, 0.4) is 0 Å². The Morgan fingerprint density at radius 3 is 2.47 bits per heavy atom. The van der Waals surface area contributed by atoms with Gasteiger partial charge in [0.25, 0.3) is 0 Å². The van der Waals surface area contributed by atoms with Gasteiger partial charge in [-0.05, 0) is 57.1 Å². The molecule has 1 aromatic carbocycles. The van der Waals surface area contributed by atoms with Gasteiger partial charge in [0.1, 0.15) is 41.0 Å². The van der Waals surface area contributed by atoms with Crippen LogP contribution in [0.5, 0.6) is 11.5 Å². The van der Waals surface area contributed by atoms with E-state index in [1.54, 1.807) is 0 Å². The Bertz CT molecular complexity index is 1110. The summed E-state index contributed by atoms with van der Waals surface area (Å²) in [4.78, 5) is 12.7. The molecule has 1 aliphatic heterocycles. The number of benzene rings is 1. The molecule has 2 aliphatic carbocycles.